The second-order valence-electron chi connectivity index (χ2n) is 8.83. The van der Waals surface area contributed by atoms with Crippen LogP contribution in [0, 0.1) is 6.92 Å². The Hall–Kier alpha value is -3.74. The Morgan fingerprint density at radius 2 is 1.74 bits per heavy atom. The molecule has 7 heteroatoms. The fourth-order valence-electron chi connectivity index (χ4n) is 4.51. The normalized spacial score (nSPS) is 14.4. The number of fused-ring (bicyclic) bond motifs is 1. The molecular formula is C27H30N6O. The van der Waals surface area contributed by atoms with Crippen LogP contribution in [0.1, 0.15) is 36.7 Å². The van der Waals surface area contributed by atoms with Crippen LogP contribution in [0.2, 0.25) is 0 Å². The van der Waals surface area contributed by atoms with Gasteiger partial charge in [0.1, 0.15) is 11.6 Å². The molecule has 0 unspecified atom stereocenters. The molecule has 5 rings (SSSR count). The molecule has 0 bridgehead atoms. The Bertz CT molecular complexity index is 1280. The Morgan fingerprint density at radius 1 is 0.941 bits per heavy atom. The zero-order chi connectivity index (χ0) is 23.5. The van der Waals surface area contributed by atoms with Crippen molar-refractivity contribution in [1.29, 1.82) is 0 Å². The Labute approximate surface area is 200 Å². The maximum Gasteiger partial charge on any atom is 0.222 e. The highest BCUT2D eigenvalue weighted by Crippen LogP contribution is 2.27. The third-order valence-corrected chi connectivity index (χ3v) is 6.39. The standard InChI is InChI=1S/C27H30N6O/c1-3-25(34)31-14-7-15-32(17-16-31)26-23-19-28-33(22-8-5-4-6-9-22)27(23)30-24(29-26)18-21-12-10-20(2)11-13-21/h4-6,8-13,19H,3,7,14-18H2,1-2H3. The van der Waals surface area contributed by atoms with E-state index in [1.165, 1.54) is 11.1 Å². The first-order valence-electron chi connectivity index (χ1n) is 12.0. The molecule has 1 saturated heterocycles. The first-order chi connectivity index (χ1) is 16.6. The van der Waals surface area contributed by atoms with Gasteiger partial charge in [-0.1, -0.05) is 55.0 Å². The molecule has 0 N–H and O–H groups in total. The topological polar surface area (TPSA) is 67.2 Å². The summed E-state index contributed by atoms with van der Waals surface area (Å²) < 4.78 is 1.89. The van der Waals surface area contributed by atoms with Crippen LogP contribution in [-0.2, 0) is 11.2 Å². The molecule has 3 heterocycles. The first-order valence-corrected chi connectivity index (χ1v) is 12.0. The molecule has 0 saturated carbocycles. The fourth-order valence-corrected chi connectivity index (χ4v) is 4.51. The van der Waals surface area contributed by atoms with E-state index in [1.807, 2.05) is 53.0 Å². The lowest BCUT2D eigenvalue weighted by Gasteiger charge is -2.23. The zero-order valence-corrected chi connectivity index (χ0v) is 19.8. The molecule has 1 aliphatic heterocycles. The number of nitrogens with zero attached hydrogens (tertiary/aromatic N) is 6. The monoisotopic (exact) mass is 454 g/mol. The van der Waals surface area contributed by atoms with Crippen molar-refractivity contribution in [3.05, 3.63) is 77.7 Å². The molecule has 0 radical (unpaired) electrons. The Morgan fingerprint density at radius 3 is 2.50 bits per heavy atom. The van der Waals surface area contributed by atoms with Gasteiger partial charge in [-0.2, -0.15) is 5.10 Å². The molecule has 0 aliphatic carbocycles. The van der Waals surface area contributed by atoms with E-state index in [2.05, 4.69) is 41.2 Å². The minimum Gasteiger partial charge on any atom is -0.354 e. The number of rotatable bonds is 5. The SMILES string of the molecule is CCC(=O)N1CCCN(c2nc(Cc3ccc(C)cc3)nc3c2cnn3-c2ccccc2)CC1. The maximum absolute atomic E-state index is 12.3. The number of carbonyl (C=O) groups is 1. The summed E-state index contributed by atoms with van der Waals surface area (Å²) >= 11 is 0. The number of aromatic nitrogens is 4. The summed E-state index contributed by atoms with van der Waals surface area (Å²) in [6.45, 7) is 7.11. The number of para-hydroxylation sites is 1. The van der Waals surface area contributed by atoms with Crippen LogP contribution in [0.25, 0.3) is 16.7 Å². The van der Waals surface area contributed by atoms with E-state index in [0.29, 0.717) is 19.4 Å². The van der Waals surface area contributed by atoms with Gasteiger partial charge in [0, 0.05) is 39.0 Å². The van der Waals surface area contributed by atoms with E-state index in [4.69, 9.17) is 9.97 Å². The average molecular weight is 455 g/mol. The van der Waals surface area contributed by atoms with E-state index in [9.17, 15) is 4.79 Å². The molecular weight excluding hydrogens is 424 g/mol. The number of anilines is 1. The number of hydrogen-bond acceptors (Lipinski definition) is 5. The summed E-state index contributed by atoms with van der Waals surface area (Å²) in [4.78, 5) is 26.6. The third-order valence-electron chi connectivity index (χ3n) is 6.39. The molecule has 0 atom stereocenters. The van der Waals surface area contributed by atoms with Gasteiger partial charge in [-0.3, -0.25) is 4.79 Å². The Kier molecular flexibility index (Phi) is 6.25. The number of hydrogen-bond donors (Lipinski definition) is 0. The smallest absolute Gasteiger partial charge is 0.222 e. The van der Waals surface area contributed by atoms with Crippen LogP contribution in [0.4, 0.5) is 5.82 Å². The minimum atomic E-state index is 0.214. The van der Waals surface area contributed by atoms with Gasteiger partial charge in [-0.15, -0.1) is 0 Å². The number of aryl methyl sites for hydroxylation is 1. The van der Waals surface area contributed by atoms with Crippen molar-refractivity contribution in [2.24, 2.45) is 0 Å². The molecule has 2 aromatic heterocycles. The summed E-state index contributed by atoms with van der Waals surface area (Å²) in [5.41, 5.74) is 4.19. The van der Waals surface area contributed by atoms with Crippen LogP contribution < -0.4 is 4.90 Å². The average Bonchev–Trinajstić information content (AvgIpc) is 3.14. The van der Waals surface area contributed by atoms with E-state index >= 15 is 0 Å². The summed E-state index contributed by atoms with van der Waals surface area (Å²) in [7, 11) is 0. The van der Waals surface area contributed by atoms with Crippen molar-refractivity contribution in [3.8, 4) is 5.69 Å². The van der Waals surface area contributed by atoms with Crippen LogP contribution in [-0.4, -0.2) is 56.7 Å². The van der Waals surface area contributed by atoms with Crippen molar-refractivity contribution >= 4 is 22.8 Å². The van der Waals surface area contributed by atoms with E-state index in [1.54, 1.807) is 0 Å². The molecule has 34 heavy (non-hydrogen) atoms. The zero-order valence-electron chi connectivity index (χ0n) is 19.8. The van der Waals surface area contributed by atoms with Gasteiger partial charge < -0.3 is 9.80 Å². The lowest BCUT2D eigenvalue weighted by atomic mass is 10.1. The highest BCUT2D eigenvalue weighted by atomic mass is 16.2. The predicted octanol–water partition coefficient (Wildman–Crippen LogP) is 4.16. The van der Waals surface area contributed by atoms with Crippen LogP contribution in [0.3, 0.4) is 0 Å². The number of carbonyl (C=O) groups excluding carboxylic acids is 1. The second-order valence-corrected chi connectivity index (χ2v) is 8.83. The molecule has 7 nitrogen and oxygen atoms in total. The molecule has 4 aromatic rings. The minimum absolute atomic E-state index is 0.214. The predicted molar refractivity (Wildman–Crippen MR) is 134 cm³/mol. The quantitative estimate of drug-likeness (QED) is 0.453. The largest absolute Gasteiger partial charge is 0.354 e. The third kappa shape index (κ3) is 4.51. The first kappa shape index (κ1) is 22.1. The van der Waals surface area contributed by atoms with Crippen molar-refractivity contribution in [3.63, 3.8) is 0 Å². The van der Waals surface area contributed by atoms with Crippen LogP contribution in [0.5, 0.6) is 0 Å². The van der Waals surface area contributed by atoms with Crippen molar-refractivity contribution < 1.29 is 4.79 Å². The summed E-state index contributed by atoms with van der Waals surface area (Å²) in [5, 5.41) is 5.62. The summed E-state index contributed by atoms with van der Waals surface area (Å²) in [5.74, 6) is 1.89. The van der Waals surface area contributed by atoms with Gasteiger partial charge in [0.25, 0.3) is 0 Å². The van der Waals surface area contributed by atoms with E-state index < -0.39 is 0 Å². The summed E-state index contributed by atoms with van der Waals surface area (Å²) in [6, 6.07) is 18.6. The number of benzene rings is 2. The molecule has 1 aliphatic rings. The van der Waals surface area contributed by atoms with Crippen molar-refractivity contribution in [2.75, 3.05) is 31.1 Å². The van der Waals surface area contributed by atoms with Gasteiger partial charge >= 0.3 is 0 Å². The molecule has 174 valence electrons. The van der Waals surface area contributed by atoms with Crippen LogP contribution in [0.15, 0.2) is 60.8 Å². The van der Waals surface area contributed by atoms with E-state index in [-0.39, 0.29) is 5.91 Å². The highest BCUT2D eigenvalue weighted by molar-refractivity contribution is 5.88. The molecule has 1 fully saturated rings. The lowest BCUT2D eigenvalue weighted by molar-refractivity contribution is -0.130. The van der Waals surface area contributed by atoms with Crippen molar-refractivity contribution in [1.82, 2.24) is 24.6 Å². The van der Waals surface area contributed by atoms with Gasteiger partial charge in [0.05, 0.1) is 17.3 Å². The fraction of sp³-hybridized carbons (Fsp3) is 0.333. The van der Waals surface area contributed by atoms with Gasteiger partial charge in [0.15, 0.2) is 5.65 Å². The highest BCUT2D eigenvalue weighted by Gasteiger charge is 2.23. The van der Waals surface area contributed by atoms with Crippen molar-refractivity contribution in [2.45, 2.75) is 33.1 Å². The molecule has 1 amide bonds. The Balaban J connectivity index is 1.56. The number of amides is 1. The van der Waals surface area contributed by atoms with Gasteiger partial charge in [0.2, 0.25) is 5.91 Å². The maximum atomic E-state index is 12.3. The lowest BCUT2D eigenvalue weighted by Crippen LogP contribution is -2.35. The van der Waals surface area contributed by atoms with Crippen LogP contribution >= 0.6 is 0 Å². The molecule has 2 aromatic carbocycles. The summed E-state index contributed by atoms with van der Waals surface area (Å²) in [6.07, 6.45) is 3.98. The molecule has 0 spiro atoms. The van der Waals surface area contributed by atoms with Gasteiger partial charge in [-0.05, 0) is 31.0 Å². The van der Waals surface area contributed by atoms with E-state index in [0.717, 1.165) is 54.4 Å². The second kappa shape index (κ2) is 9.63. The van der Waals surface area contributed by atoms with Gasteiger partial charge in [-0.25, -0.2) is 14.6 Å².